The first kappa shape index (κ1) is 25.5. The Hall–Kier alpha value is -4.15. The van der Waals surface area contributed by atoms with Gasteiger partial charge in [-0.25, -0.2) is 9.59 Å². The number of H-pyrrole nitrogens is 2. The van der Waals surface area contributed by atoms with Crippen molar-refractivity contribution in [1.29, 1.82) is 0 Å². The number of hydrogen-bond donors (Lipinski definition) is 3. The zero-order valence-corrected chi connectivity index (χ0v) is 20.4. The molecule has 0 aliphatic carbocycles. The van der Waals surface area contributed by atoms with Gasteiger partial charge in [-0.3, -0.25) is 19.9 Å². The molecular formula is C24H29N5O6. The molecule has 3 rings (SSSR count). The molecule has 0 atom stereocenters. The molecule has 0 unspecified atom stereocenters. The summed E-state index contributed by atoms with van der Waals surface area (Å²) in [6, 6.07) is 5.02. The fourth-order valence-corrected chi connectivity index (χ4v) is 3.40. The van der Waals surface area contributed by atoms with Gasteiger partial charge in [0.25, 0.3) is 11.1 Å². The van der Waals surface area contributed by atoms with Crippen molar-refractivity contribution in [2.24, 2.45) is 0 Å². The standard InChI is InChI=1S/C24H29N5O6/c1-6-7-8-34-24(33)26-20-22(31)27-23(32)29(28-20)16-9-14(4)19(15(5)10-16)35-17-11-18(13(2)3)21(30)25-12-17/h9-13H,6-8H2,1-5H3,(H,25,30)(H,26,28,33)(H,27,31,32). The van der Waals surface area contributed by atoms with Crippen LogP contribution in [0, 0.1) is 13.8 Å². The first-order chi connectivity index (χ1) is 16.6. The molecule has 1 aromatic carbocycles. The molecule has 0 radical (unpaired) electrons. The largest absolute Gasteiger partial charge is 0.455 e. The highest BCUT2D eigenvalue weighted by Crippen LogP contribution is 2.31. The number of unbranched alkanes of at least 4 members (excludes halogenated alkanes) is 1. The Labute approximate surface area is 201 Å². The Bertz CT molecular complexity index is 1380. The van der Waals surface area contributed by atoms with Gasteiger partial charge in [-0.2, -0.15) is 4.68 Å². The summed E-state index contributed by atoms with van der Waals surface area (Å²) in [5.74, 6) is 0.679. The Balaban J connectivity index is 1.92. The average Bonchev–Trinajstić information content (AvgIpc) is 2.79. The van der Waals surface area contributed by atoms with E-state index in [0.717, 1.165) is 11.1 Å². The number of pyridine rings is 1. The van der Waals surface area contributed by atoms with Crippen LogP contribution < -0.4 is 26.9 Å². The van der Waals surface area contributed by atoms with E-state index in [1.807, 2.05) is 20.8 Å². The summed E-state index contributed by atoms with van der Waals surface area (Å²) in [5.41, 5.74) is 0.558. The van der Waals surface area contributed by atoms with Crippen LogP contribution in [0.2, 0.25) is 0 Å². The van der Waals surface area contributed by atoms with Gasteiger partial charge < -0.3 is 14.5 Å². The van der Waals surface area contributed by atoms with Gasteiger partial charge in [0, 0.05) is 11.8 Å². The highest BCUT2D eigenvalue weighted by atomic mass is 16.5. The van der Waals surface area contributed by atoms with Crippen molar-refractivity contribution >= 4 is 11.9 Å². The van der Waals surface area contributed by atoms with Gasteiger partial charge in [0.1, 0.15) is 11.5 Å². The number of aromatic amines is 2. The molecule has 11 nitrogen and oxygen atoms in total. The normalized spacial score (nSPS) is 10.9. The van der Waals surface area contributed by atoms with Crippen molar-refractivity contribution in [3.8, 4) is 17.2 Å². The molecule has 0 aliphatic heterocycles. The smallest absolute Gasteiger partial charge is 0.413 e. The molecule has 0 fully saturated rings. The number of aromatic nitrogens is 4. The molecule has 186 valence electrons. The monoisotopic (exact) mass is 483 g/mol. The number of rotatable bonds is 8. The number of amides is 1. The number of nitrogens with zero attached hydrogens (tertiary/aromatic N) is 2. The summed E-state index contributed by atoms with van der Waals surface area (Å²) in [7, 11) is 0. The summed E-state index contributed by atoms with van der Waals surface area (Å²) in [5, 5.41) is 6.28. The molecule has 3 N–H and O–H groups in total. The van der Waals surface area contributed by atoms with Crippen LogP contribution in [0.25, 0.3) is 5.69 Å². The van der Waals surface area contributed by atoms with E-state index >= 15 is 0 Å². The Morgan fingerprint density at radius 1 is 1.11 bits per heavy atom. The minimum atomic E-state index is -0.842. The zero-order valence-electron chi connectivity index (χ0n) is 20.4. The first-order valence-corrected chi connectivity index (χ1v) is 11.3. The van der Waals surface area contributed by atoms with Crippen molar-refractivity contribution < 1.29 is 14.3 Å². The van der Waals surface area contributed by atoms with Crippen LogP contribution in [-0.4, -0.2) is 32.4 Å². The number of carbonyl (C=O) groups is 1. The minimum absolute atomic E-state index is 0.0248. The molecule has 0 spiro atoms. The summed E-state index contributed by atoms with van der Waals surface area (Å²) >= 11 is 0. The van der Waals surface area contributed by atoms with Gasteiger partial charge in [-0.15, -0.1) is 5.10 Å². The topological polar surface area (TPSA) is 148 Å². The van der Waals surface area contributed by atoms with Crippen LogP contribution in [0.15, 0.2) is 38.8 Å². The fourth-order valence-electron chi connectivity index (χ4n) is 3.40. The lowest BCUT2D eigenvalue weighted by Crippen LogP contribution is -2.34. The minimum Gasteiger partial charge on any atom is -0.455 e. The molecule has 3 aromatic rings. The molecule has 0 saturated carbocycles. The molecule has 1 amide bonds. The number of aryl methyl sites for hydroxylation is 2. The van der Waals surface area contributed by atoms with E-state index in [9.17, 15) is 19.2 Å². The summed E-state index contributed by atoms with van der Waals surface area (Å²) < 4.78 is 12.0. The van der Waals surface area contributed by atoms with Crippen LogP contribution >= 0.6 is 0 Å². The molecule has 35 heavy (non-hydrogen) atoms. The van der Waals surface area contributed by atoms with Crippen LogP contribution in [0.5, 0.6) is 11.5 Å². The summed E-state index contributed by atoms with van der Waals surface area (Å²) in [6.45, 7) is 9.58. The number of ether oxygens (including phenoxy) is 2. The Morgan fingerprint density at radius 3 is 2.43 bits per heavy atom. The van der Waals surface area contributed by atoms with Gasteiger partial charge in [0.2, 0.25) is 5.82 Å². The average molecular weight is 484 g/mol. The number of carbonyl (C=O) groups excluding carboxylic acids is 1. The van der Waals surface area contributed by atoms with Crippen molar-refractivity contribution in [2.75, 3.05) is 11.9 Å². The Kier molecular flexibility index (Phi) is 7.90. The second-order valence-electron chi connectivity index (χ2n) is 8.42. The molecule has 2 heterocycles. The third-order valence-corrected chi connectivity index (χ3v) is 5.22. The van der Waals surface area contributed by atoms with E-state index in [1.165, 1.54) is 6.20 Å². The zero-order chi connectivity index (χ0) is 25.7. The van der Waals surface area contributed by atoms with Crippen molar-refractivity contribution in [3.63, 3.8) is 0 Å². The van der Waals surface area contributed by atoms with Gasteiger partial charge in [-0.1, -0.05) is 27.2 Å². The maximum Gasteiger partial charge on any atom is 0.413 e. The van der Waals surface area contributed by atoms with E-state index in [4.69, 9.17) is 9.47 Å². The highest BCUT2D eigenvalue weighted by Gasteiger charge is 2.16. The number of hydrogen-bond acceptors (Lipinski definition) is 7. The van der Waals surface area contributed by atoms with E-state index in [-0.39, 0.29) is 23.9 Å². The lowest BCUT2D eigenvalue weighted by molar-refractivity contribution is 0.159. The molecule has 0 saturated heterocycles. The number of nitrogens with one attached hydrogen (secondary N) is 3. The Morgan fingerprint density at radius 2 is 1.80 bits per heavy atom. The third-order valence-electron chi connectivity index (χ3n) is 5.22. The van der Waals surface area contributed by atoms with Crippen molar-refractivity contribution in [3.05, 3.63) is 72.3 Å². The molecule has 2 aromatic heterocycles. The van der Waals surface area contributed by atoms with Crippen LogP contribution in [0.1, 0.15) is 56.2 Å². The number of benzene rings is 1. The molecule has 0 aliphatic rings. The second kappa shape index (κ2) is 10.9. The van der Waals surface area contributed by atoms with Gasteiger partial charge in [0.15, 0.2) is 0 Å². The highest BCUT2D eigenvalue weighted by molar-refractivity contribution is 5.82. The van der Waals surface area contributed by atoms with Crippen LogP contribution in [-0.2, 0) is 4.74 Å². The second-order valence-corrected chi connectivity index (χ2v) is 8.42. The molecule has 11 heteroatoms. The summed E-state index contributed by atoms with van der Waals surface area (Å²) in [6.07, 6.45) is 2.18. The predicted octanol–water partition coefficient (Wildman–Crippen LogP) is 3.49. The SMILES string of the molecule is CCCCOC(=O)Nc1nn(-c2cc(C)c(Oc3c[nH]c(=O)c(C(C)C)c3)c(C)c2)c(=O)[nH]c1=O. The molecule has 0 bridgehead atoms. The van der Waals surface area contributed by atoms with Crippen molar-refractivity contribution in [1.82, 2.24) is 19.7 Å². The fraction of sp³-hybridized carbons (Fsp3) is 0.375. The maximum absolute atomic E-state index is 12.5. The third kappa shape index (κ3) is 6.05. The van der Waals surface area contributed by atoms with Gasteiger partial charge >= 0.3 is 11.8 Å². The van der Waals surface area contributed by atoms with E-state index in [0.29, 0.717) is 40.3 Å². The lowest BCUT2D eigenvalue weighted by atomic mass is 10.1. The molecular weight excluding hydrogens is 454 g/mol. The summed E-state index contributed by atoms with van der Waals surface area (Å²) in [4.78, 5) is 53.4. The predicted molar refractivity (Wildman–Crippen MR) is 131 cm³/mol. The van der Waals surface area contributed by atoms with E-state index in [2.05, 4.69) is 20.4 Å². The quantitative estimate of drug-likeness (QED) is 0.415. The van der Waals surface area contributed by atoms with Gasteiger partial charge in [-0.05, 0) is 55.5 Å². The van der Waals surface area contributed by atoms with E-state index < -0.39 is 17.3 Å². The maximum atomic E-state index is 12.5. The number of anilines is 1. The van der Waals surface area contributed by atoms with E-state index in [1.54, 1.807) is 32.0 Å². The van der Waals surface area contributed by atoms with Crippen molar-refractivity contribution in [2.45, 2.75) is 53.4 Å². The van der Waals surface area contributed by atoms with Gasteiger partial charge in [0.05, 0.1) is 12.3 Å². The van der Waals surface area contributed by atoms with Crippen LogP contribution in [0.4, 0.5) is 10.6 Å². The lowest BCUT2D eigenvalue weighted by Gasteiger charge is -2.15. The first-order valence-electron chi connectivity index (χ1n) is 11.3. The van der Waals surface area contributed by atoms with Crippen LogP contribution in [0.3, 0.4) is 0 Å².